The molecule has 134 valence electrons. The highest BCUT2D eigenvalue weighted by molar-refractivity contribution is 7.07. The van der Waals surface area contributed by atoms with Gasteiger partial charge in [-0.05, 0) is 54.8 Å². The molecule has 0 saturated carbocycles. The van der Waals surface area contributed by atoms with E-state index in [9.17, 15) is 4.79 Å². The van der Waals surface area contributed by atoms with Crippen LogP contribution in [0.5, 0.6) is 10.9 Å². The molecule has 0 bridgehead atoms. The zero-order chi connectivity index (χ0) is 18.7. The lowest BCUT2D eigenvalue weighted by Gasteiger charge is -2.11. The van der Waals surface area contributed by atoms with Crippen LogP contribution in [0.25, 0.3) is 0 Å². The minimum Gasteiger partial charge on any atom is -0.430 e. The van der Waals surface area contributed by atoms with Crippen LogP contribution in [0.15, 0.2) is 36.4 Å². The first-order valence-corrected chi connectivity index (χ1v) is 9.19. The summed E-state index contributed by atoms with van der Waals surface area (Å²) in [6.45, 7) is 5.34. The van der Waals surface area contributed by atoms with Crippen LogP contribution in [0.2, 0.25) is 5.02 Å². The Kier molecular flexibility index (Phi) is 5.54. The van der Waals surface area contributed by atoms with Crippen molar-refractivity contribution < 1.29 is 9.53 Å². The van der Waals surface area contributed by atoms with Crippen molar-refractivity contribution >= 4 is 34.7 Å². The summed E-state index contributed by atoms with van der Waals surface area (Å²) in [6, 6.07) is 11.4. The number of anilines is 1. The van der Waals surface area contributed by atoms with Crippen LogP contribution in [0.4, 0.5) is 5.69 Å². The molecule has 2 aromatic carbocycles. The Bertz CT molecular complexity index is 938. The fourth-order valence-corrected chi connectivity index (χ4v) is 3.14. The number of nitrogens with zero attached hydrogens (tertiary/aromatic N) is 2. The Labute approximate surface area is 161 Å². The van der Waals surface area contributed by atoms with Gasteiger partial charge in [0.25, 0.3) is 5.19 Å². The monoisotopic (exact) mass is 387 g/mol. The number of aryl methyl sites for hydroxylation is 2. The summed E-state index contributed by atoms with van der Waals surface area (Å²) in [5, 5.41) is 4.01. The van der Waals surface area contributed by atoms with Crippen LogP contribution in [0.1, 0.15) is 29.4 Å². The Morgan fingerprint density at radius 2 is 1.92 bits per heavy atom. The van der Waals surface area contributed by atoms with E-state index in [-0.39, 0.29) is 5.91 Å². The normalized spacial score (nSPS) is 10.6. The molecule has 0 atom stereocenters. The summed E-state index contributed by atoms with van der Waals surface area (Å²) in [5.74, 6) is 1.31. The quantitative estimate of drug-likeness (QED) is 0.657. The van der Waals surface area contributed by atoms with Crippen molar-refractivity contribution in [2.24, 2.45) is 0 Å². The molecule has 0 saturated heterocycles. The third-order valence-corrected chi connectivity index (χ3v) is 4.64. The largest absolute Gasteiger partial charge is 0.430 e. The molecule has 3 rings (SSSR count). The predicted octanol–water partition coefficient (Wildman–Crippen LogP) is 5.15. The van der Waals surface area contributed by atoms with Gasteiger partial charge in [0.1, 0.15) is 5.75 Å². The van der Waals surface area contributed by atoms with E-state index in [2.05, 4.69) is 14.7 Å². The molecule has 1 heterocycles. The highest BCUT2D eigenvalue weighted by Crippen LogP contribution is 2.31. The molecular formula is C19H18ClN3O2S. The highest BCUT2D eigenvalue weighted by atomic mass is 35.5. The average molecular weight is 388 g/mol. The topological polar surface area (TPSA) is 64.1 Å². The molecule has 1 N–H and O–H groups in total. The van der Waals surface area contributed by atoms with E-state index in [4.69, 9.17) is 16.3 Å². The van der Waals surface area contributed by atoms with Gasteiger partial charge in [-0.25, -0.2) is 0 Å². The smallest absolute Gasteiger partial charge is 0.298 e. The zero-order valence-electron chi connectivity index (χ0n) is 14.7. The van der Waals surface area contributed by atoms with E-state index in [1.807, 2.05) is 50.2 Å². The number of amides is 1. The van der Waals surface area contributed by atoms with Crippen LogP contribution < -0.4 is 10.1 Å². The zero-order valence-corrected chi connectivity index (χ0v) is 16.2. The Hall–Kier alpha value is -2.44. The predicted molar refractivity (Wildman–Crippen MR) is 104 cm³/mol. The molecule has 7 heteroatoms. The molecule has 1 aromatic heterocycles. The summed E-state index contributed by atoms with van der Waals surface area (Å²) in [6.07, 6.45) is 0.622. The molecule has 26 heavy (non-hydrogen) atoms. The van der Waals surface area contributed by atoms with Gasteiger partial charge in [-0.2, -0.15) is 9.36 Å². The van der Waals surface area contributed by atoms with Gasteiger partial charge in [-0.3, -0.25) is 4.79 Å². The van der Waals surface area contributed by atoms with E-state index in [1.54, 1.807) is 0 Å². The van der Waals surface area contributed by atoms with Crippen LogP contribution in [0.3, 0.4) is 0 Å². The highest BCUT2D eigenvalue weighted by Gasteiger charge is 2.11. The van der Waals surface area contributed by atoms with Gasteiger partial charge < -0.3 is 10.1 Å². The first-order chi connectivity index (χ1) is 12.4. The van der Waals surface area contributed by atoms with Crippen molar-refractivity contribution in [3.05, 3.63) is 63.9 Å². The number of carbonyl (C=O) groups is 1. The molecule has 1 amide bonds. The van der Waals surface area contributed by atoms with Gasteiger partial charge in [0, 0.05) is 35.6 Å². The van der Waals surface area contributed by atoms with Crippen LogP contribution in [0, 0.1) is 13.8 Å². The molecule has 3 aromatic rings. The Balaban J connectivity index is 1.73. The van der Waals surface area contributed by atoms with Crippen LogP contribution in [-0.2, 0) is 11.2 Å². The van der Waals surface area contributed by atoms with Crippen LogP contribution in [-0.4, -0.2) is 15.3 Å². The van der Waals surface area contributed by atoms with Gasteiger partial charge in [-0.15, -0.1) is 0 Å². The SMILES string of the molecule is CC(=O)Nc1cc(C)c(Oc2nc(Cc3ccc(Cl)cc3)ns2)cc1C. The van der Waals surface area contributed by atoms with Crippen molar-refractivity contribution in [2.45, 2.75) is 27.2 Å². The number of benzene rings is 2. The standard InChI is InChI=1S/C19H18ClN3O2S/c1-11-9-17(12(2)8-16(11)21-13(3)24)25-19-22-18(23-26-19)10-14-4-6-15(20)7-5-14/h4-9H,10H2,1-3H3,(H,21,24). The number of ether oxygens (including phenoxy) is 1. The summed E-state index contributed by atoms with van der Waals surface area (Å²) in [5.41, 5.74) is 3.70. The molecule has 0 aliphatic heterocycles. The van der Waals surface area contributed by atoms with Crippen LogP contribution >= 0.6 is 23.1 Å². The molecule has 5 nitrogen and oxygen atoms in total. The van der Waals surface area contributed by atoms with Crippen molar-refractivity contribution in [1.29, 1.82) is 0 Å². The Morgan fingerprint density at radius 3 is 2.62 bits per heavy atom. The number of nitrogens with one attached hydrogen (secondary N) is 1. The summed E-state index contributed by atoms with van der Waals surface area (Å²) in [7, 11) is 0. The number of carbonyl (C=O) groups excluding carboxylic acids is 1. The van der Waals surface area contributed by atoms with Crippen molar-refractivity contribution in [3.63, 3.8) is 0 Å². The first kappa shape index (κ1) is 18.4. The molecule has 0 spiro atoms. The fourth-order valence-electron chi connectivity index (χ4n) is 2.45. The molecule has 0 aliphatic rings. The lowest BCUT2D eigenvalue weighted by molar-refractivity contribution is -0.114. The number of halogens is 1. The first-order valence-electron chi connectivity index (χ1n) is 8.04. The van der Waals surface area contributed by atoms with E-state index < -0.39 is 0 Å². The number of hydrogen-bond acceptors (Lipinski definition) is 5. The fraction of sp³-hybridized carbons (Fsp3) is 0.211. The van der Waals surface area contributed by atoms with E-state index in [0.717, 1.165) is 22.4 Å². The molecular weight excluding hydrogens is 370 g/mol. The second-order valence-electron chi connectivity index (χ2n) is 6.00. The molecule has 0 fully saturated rings. The number of rotatable bonds is 5. The third kappa shape index (κ3) is 4.59. The maximum Gasteiger partial charge on any atom is 0.298 e. The van der Waals surface area contributed by atoms with Crippen molar-refractivity contribution in [3.8, 4) is 10.9 Å². The van der Waals surface area contributed by atoms with Gasteiger partial charge >= 0.3 is 0 Å². The minimum atomic E-state index is -0.0999. The summed E-state index contributed by atoms with van der Waals surface area (Å²) < 4.78 is 10.3. The second-order valence-corrected chi connectivity index (χ2v) is 7.15. The average Bonchev–Trinajstić information content (AvgIpc) is 3.01. The summed E-state index contributed by atoms with van der Waals surface area (Å²) in [4.78, 5) is 15.7. The van der Waals surface area contributed by atoms with E-state index in [0.29, 0.717) is 28.2 Å². The van der Waals surface area contributed by atoms with E-state index >= 15 is 0 Å². The Morgan fingerprint density at radius 1 is 1.19 bits per heavy atom. The minimum absolute atomic E-state index is 0.0999. The number of aromatic nitrogens is 2. The third-order valence-electron chi connectivity index (χ3n) is 3.75. The van der Waals surface area contributed by atoms with Gasteiger partial charge in [0.2, 0.25) is 5.91 Å². The van der Waals surface area contributed by atoms with Crippen molar-refractivity contribution in [1.82, 2.24) is 9.36 Å². The molecule has 0 radical (unpaired) electrons. The van der Waals surface area contributed by atoms with Gasteiger partial charge in [-0.1, -0.05) is 23.7 Å². The lowest BCUT2D eigenvalue weighted by atomic mass is 10.1. The van der Waals surface area contributed by atoms with Crippen molar-refractivity contribution in [2.75, 3.05) is 5.32 Å². The summed E-state index contributed by atoms with van der Waals surface area (Å²) >= 11 is 7.12. The lowest BCUT2D eigenvalue weighted by Crippen LogP contribution is -2.07. The molecule has 0 aliphatic carbocycles. The molecule has 0 unspecified atom stereocenters. The van der Waals surface area contributed by atoms with Gasteiger partial charge in [0.05, 0.1) is 0 Å². The maximum absolute atomic E-state index is 11.3. The van der Waals surface area contributed by atoms with E-state index in [1.165, 1.54) is 18.5 Å². The van der Waals surface area contributed by atoms with Gasteiger partial charge in [0.15, 0.2) is 5.82 Å². The number of hydrogen-bond donors (Lipinski definition) is 1. The maximum atomic E-state index is 11.3. The second kappa shape index (κ2) is 7.85.